The summed E-state index contributed by atoms with van der Waals surface area (Å²) in [6, 6.07) is 7.24. The van der Waals surface area contributed by atoms with E-state index < -0.39 is 0 Å². The number of rotatable bonds is 5. The quantitative estimate of drug-likeness (QED) is 0.806. The van der Waals surface area contributed by atoms with Crippen molar-refractivity contribution in [3.05, 3.63) is 35.6 Å². The summed E-state index contributed by atoms with van der Waals surface area (Å²) < 4.78 is 13.6. The molecule has 0 bridgehead atoms. The first-order valence-corrected chi connectivity index (χ1v) is 8.33. The lowest BCUT2D eigenvalue weighted by molar-refractivity contribution is 0.159. The Morgan fingerprint density at radius 2 is 2.10 bits per heavy atom. The van der Waals surface area contributed by atoms with Gasteiger partial charge in [-0.25, -0.2) is 4.39 Å². The van der Waals surface area contributed by atoms with Crippen molar-refractivity contribution in [2.75, 3.05) is 13.1 Å². The smallest absolute Gasteiger partial charge is 0.123 e. The number of benzene rings is 1. The monoisotopic (exact) mass is 291 g/mol. The Morgan fingerprint density at radius 1 is 1.33 bits per heavy atom. The van der Waals surface area contributed by atoms with Crippen LogP contribution in [0.25, 0.3) is 0 Å². The SMILES string of the molecule is CC(C)CNCC1CCC(C)(C)CC1c1cccc(F)c1. The third-order valence-electron chi connectivity index (χ3n) is 4.77. The largest absolute Gasteiger partial charge is 0.316 e. The van der Waals surface area contributed by atoms with Crippen LogP contribution in [0.2, 0.25) is 0 Å². The fraction of sp³-hybridized carbons (Fsp3) is 0.684. The zero-order valence-electron chi connectivity index (χ0n) is 14.0. The molecule has 1 aliphatic carbocycles. The molecule has 0 amide bonds. The van der Waals surface area contributed by atoms with E-state index in [-0.39, 0.29) is 5.82 Å². The first-order chi connectivity index (χ1) is 9.87. The summed E-state index contributed by atoms with van der Waals surface area (Å²) in [6.07, 6.45) is 3.66. The van der Waals surface area contributed by atoms with Gasteiger partial charge in [0.15, 0.2) is 0 Å². The second-order valence-corrected chi connectivity index (χ2v) is 7.88. The molecule has 0 saturated heterocycles. The molecule has 1 aromatic carbocycles. The van der Waals surface area contributed by atoms with Gasteiger partial charge >= 0.3 is 0 Å². The maximum Gasteiger partial charge on any atom is 0.123 e. The van der Waals surface area contributed by atoms with Gasteiger partial charge in [-0.15, -0.1) is 0 Å². The molecular weight excluding hydrogens is 261 g/mol. The van der Waals surface area contributed by atoms with Gasteiger partial charge in [-0.3, -0.25) is 0 Å². The Hall–Kier alpha value is -0.890. The highest BCUT2D eigenvalue weighted by Crippen LogP contribution is 2.46. The minimum Gasteiger partial charge on any atom is -0.316 e. The molecule has 2 atom stereocenters. The lowest BCUT2D eigenvalue weighted by Crippen LogP contribution is -2.36. The highest BCUT2D eigenvalue weighted by molar-refractivity contribution is 5.23. The summed E-state index contributed by atoms with van der Waals surface area (Å²) in [5.74, 6) is 1.67. The molecule has 0 radical (unpaired) electrons. The van der Waals surface area contributed by atoms with E-state index in [1.807, 2.05) is 6.07 Å². The molecule has 21 heavy (non-hydrogen) atoms. The van der Waals surface area contributed by atoms with Gasteiger partial charge in [0.25, 0.3) is 0 Å². The van der Waals surface area contributed by atoms with Crippen LogP contribution in [0.15, 0.2) is 24.3 Å². The molecule has 0 spiro atoms. The number of hydrogen-bond donors (Lipinski definition) is 1. The van der Waals surface area contributed by atoms with E-state index in [4.69, 9.17) is 0 Å². The number of nitrogens with one attached hydrogen (secondary N) is 1. The average molecular weight is 291 g/mol. The first-order valence-electron chi connectivity index (χ1n) is 8.33. The average Bonchev–Trinajstić information content (AvgIpc) is 2.39. The summed E-state index contributed by atoms with van der Waals surface area (Å²) in [5, 5.41) is 3.60. The minimum absolute atomic E-state index is 0.107. The number of hydrogen-bond acceptors (Lipinski definition) is 1. The Labute approximate surface area is 129 Å². The molecule has 1 aliphatic rings. The van der Waals surface area contributed by atoms with Crippen LogP contribution >= 0.6 is 0 Å². The lowest BCUT2D eigenvalue weighted by Gasteiger charge is -2.41. The third kappa shape index (κ3) is 4.81. The van der Waals surface area contributed by atoms with Gasteiger partial charge in [-0.2, -0.15) is 0 Å². The third-order valence-corrected chi connectivity index (χ3v) is 4.77. The summed E-state index contributed by atoms with van der Waals surface area (Å²) in [7, 11) is 0. The van der Waals surface area contributed by atoms with Crippen LogP contribution < -0.4 is 5.32 Å². The van der Waals surface area contributed by atoms with E-state index in [9.17, 15) is 4.39 Å². The highest BCUT2D eigenvalue weighted by atomic mass is 19.1. The fourth-order valence-corrected chi connectivity index (χ4v) is 3.57. The second kappa shape index (κ2) is 6.91. The Bertz CT molecular complexity index is 453. The van der Waals surface area contributed by atoms with Crippen molar-refractivity contribution in [3.8, 4) is 0 Å². The Kier molecular flexibility index (Phi) is 5.43. The van der Waals surface area contributed by atoms with Crippen molar-refractivity contribution in [1.29, 1.82) is 0 Å². The molecule has 118 valence electrons. The van der Waals surface area contributed by atoms with Gasteiger partial charge in [-0.1, -0.05) is 39.8 Å². The molecule has 0 heterocycles. The number of halogens is 1. The van der Waals surface area contributed by atoms with E-state index in [0.717, 1.165) is 19.5 Å². The predicted molar refractivity (Wildman–Crippen MR) is 88.0 cm³/mol. The zero-order chi connectivity index (χ0) is 15.5. The molecule has 1 nitrogen and oxygen atoms in total. The van der Waals surface area contributed by atoms with Crippen LogP contribution in [0.5, 0.6) is 0 Å². The van der Waals surface area contributed by atoms with Crippen molar-refractivity contribution < 1.29 is 4.39 Å². The van der Waals surface area contributed by atoms with Gasteiger partial charge < -0.3 is 5.32 Å². The molecule has 2 rings (SSSR count). The summed E-state index contributed by atoms with van der Waals surface area (Å²) in [6.45, 7) is 11.3. The molecule has 1 aromatic rings. The van der Waals surface area contributed by atoms with E-state index in [0.29, 0.717) is 23.2 Å². The summed E-state index contributed by atoms with van der Waals surface area (Å²) in [5.41, 5.74) is 1.55. The van der Waals surface area contributed by atoms with E-state index >= 15 is 0 Å². The van der Waals surface area contributed by atoms with Crippen LogP contribution in [0.3, 0.4) is 0 Å². The van der Waals surface area contributed by atoms with Crippen molar-refractivity contribution in [3.63, 3.8) is 0 Å². The van der Waals surface area contributed by atoms with E-state index in [2.05, 4.69) is 39.1 Å². The molecule has 1 saturated carbocycles. The summed E-state index contributed by atoms with van der Waals surface area (Å²) >= 11 is 0. The lowest BCUT2D eigenvalue weighted by atomic mass is 9.65. The van der Waals surface area contributed by atoms with Gasteiger partial charge in [0.05, 0.1) is 0 Å². The van der Waals surface area contributed by atoms with Gasteiger partial charge in [-0.05, 0) is 73.2 Å². The second-order valence-electron chi connectivity index (χ2n) is 7.88. The Morgan fingerprint density at radius 3 is 2.76 bits per heavy atom. The molecule has 1 fully saturated rings. The van der Waals surface area contributed by atoms with Gasteiger partial charge in [0, 0.05) is 0 Å². The predicted octanol–water partition coefficient (Wildman–Crippen LogP) is 4.98. The minimum atomic E-state index is -0.107. The van der Waals surface area contributed by atoms with E-state index in [1.54, 1.807) is 12.1 Å². The topological polar surface area (TPSA) is 12.0 Å². The molecule has 0 aromatic heterocycles. The van der Waals surface area contributed by atoms with Crippen LogP contribution in [-0.2, 0) is 0 Å². The summed E-state index contributed by atoms with van der Waals surface area (Å²) in [4.78, 5) is 0. The van der Waals surface area contributed by atoms with Crippen molar-refractivity contribution in [2.45, 2.75) is 52.9 Å². The van der Waals surface area contributed by atoms with Crippen molar-refractivity contribution >= 4 is 0 Å². The molecule has 1 N–H and O–H groups in total. The van der Waals surface area contributed by atoms with Crippen LogP contribution in [0, 0.1) is 23.1 Å². The molecular formula is C19H30FN. The van der Waals surface area contributed by atoms with Crippen LogP contribution in [-0.4, -0.2) is 13.1 Å². The van der Waals surface area contributed by atoms with Crippen molar-refractivity contribution in [2.24, 2.45) is 17.3 Å². The van der Waals surface area contributed by atoms with Crippen LogP contribution in [0.4, 0.5) is 4.39 Å². The fourth-order valence-electron chi connectivity index (χ4n) is 3.57. The molecule has 2 heteroatoms. The zero-order valence-corrected chi connectivity index (χ0v) is 14.0. The highest BCUT2D eigenvalue weighted by Gasteiger charge is 2.35. The Balaban J connectivity index is 2.10. The normalized spacial score (nSPS) is 25.2. The first kappa shape index (κ1) is 16.5. The standard InChI is InChI=1S/C19H30FN/c1-14(2)12-21-13-16-8-9-19(3,4)11-18(16)15-6-5-7-17(20)10-15/h5-7,10,14,16,18,21H,8-9,11-13H2,1-4H3. The van der Waals surface area contributed by atoms with Crippen molar-refractivity contribution in [1.82, 2.24) is 5.32 Å². The molecule has 0 aliphatic heterocycles. The van der Waals surface area contributed by atoms with E-state index in [1.165, 1.54) is 18.4 Å². The van der Waals surface area contributed by atoms with Crippen LogP contribution in [0.1, 0.15) is 58.4 Å². The van der Waals surface area contributed by atoms with Gasteiger partial charge in [0.1, 0.15) is 5.82 Å². The molecule has 2 unspecified atom stereocenters. The maximum absolute atomic E-state index is 13.6. The maximum atomic E-state index is 13.6. The van der Waals surface area contributed by atoms with Gasteiger partial charge in [0.2, 0.25) is 0 Å².